The molecule has 1 aliphatic rings. The highest BCUT2D eigenvalue weighted by atomic mass is 16.3. The van der Waals surface area contributed by atoms with Crippen LogP contribution in [0.1, 0.15) is 18.0 Å². The van der Waals surface area contributed by atoms with Crippen LogP contribution in [0, 0.1) is 0 Å². The molecule has 2 aromatic rings. The van der Waals surface area contributed by atoms with E-state index in [4.69, 9.17) is 0 Å². The zero-order valence-electron chi connectivity index (χ0n) is 10.9. The molecule has 0 aliphatic carbocycles. The standard InChI is InChI=1S/C17H15NO2/c19-14-10-11-18(15-8-4-5-9-17(15)20)16(12-14)13-6-2-1-3-7-13/h1-11,16,20H,12H2. The molecule has 0 saturated heterocycles. The summed E-state index contributed by atoms with van der Waals surface area (Å²) >= 11 is 0. The number of rotatable bonds is 2. The molecule has 1 unspecified atom stereocenters. The largest absolute Gasteiger partial charge is 0.506 e. The first-order valence-electron chi connectivity index (χ1n) is 6.58. The molecule has 1 aliphatic heterocycles. The summed E-state index contributed by atoms with van der Waals surface area (Å²) in [7, 11) is 0. The number of benzene rings is 2. The number of phenolic OH excluding ortho intramolecular Hbond substituents is 1. The quantitative estimate of drug-likeness (QED) is 0.904. The SMILES string of the molecule is O=C1C=CN(c2ccccc2O)C(c2ccccc2)C1. The lowest BCUT2D eigenvalue weighted by molar-refractivity contribution is -0.115. The second-order valence-corrected chi connectivity index (χ2v) is 4.81. The molecule has 100 valence electrons. The molecule has 0 fully saturated rings. The fourth-order valence-electron chi connectivity index (χ4n) is 2.51. The third kappa shape index (κ3) is 2.30. The van der Waals surface area contributed by atoms with Gasteiger partial charge in [0.1, 0.15) is 5.75 Å². The number of aromatic hydroxyl groups is 1. The Balaban J connectivity index is 2.05. The zero-order chi connectivity index (χ0) is 13.9. The molecule has 3 rings (SSSR count). The van der Waals surface area contributed by atoms with Gasteiger partial charge in [0.05, 0.1) is 11.7 Å². The van der Waals surface area contributed by atoms with Gasteiger partial charge < -0.3 is 10.0 Å². The van der Waals surface area contributed by atoms with E-state index in [1.165, 1.54) is 0 Å². The van der Waals surface area contributed by atoms with Crippen LogP contribution in [0.5, 0.6) is 5.75 Å². The van der Waals surface area contributed by atoms with Crippen molar-refractivity contribution in [1.29, 1.82) is 0 Å². The summed E-state index contributed by atoms with van der Waals surface area (Å²) in [5, 5.41) is 10.0. The van der Waals surface area contributed by atoms with E-state index in [1.807, 2.05) is 47.4 Å². The maximum Gasteiger partial charge on any atom is 0.159 e. The van der Waals surface area contributed by atoms with Gasteiger partial charge in [-0.05, 0) is 23.8 Å². The monoisotopic (exact) mass is 265 g/mol. The Labute approximate surface area is 117 Å². The molecule has 2 aromatic carbocycles. The van der Waals surface area contributed by atoms with Gasteiger partial charge in [0.15, 0.2) is 5.78 Å². The van der Waals surface area contributed by atoms with Gasteiger partial charge >= 0.3 is 0 Å². The van der Waals surface area contributed by atoms with Crippen molar-refractivity contribution >= 4 is 11.5 Å². The van der Waals surface area contributed by atoms with Crippen molar-refractivity contribution in [3.8, 4) is 5.75 Å². The fraction of sp³-hybridized carbons (Fsp3) is 0.118. The van der Waals surface area contributed by atoms with Gasteiger partial charge in [0, 0.05) is 12.6 Å². The van der Waals surface area contributed by atoms with Gasteiger partial charge in [0.25, 0.3) is 0 Å². The number of carbonyl (C=O) groups is 1. The number of anilines is 1. The zero-order valence-corrected chi connectivity index (χ0v) is 10.9. The van der Waals surface area contributed by atoms with E-state index < -0.39 is 0 Å². The number of ketones is 1. The Kier molecular flexibility index (Phi) is 3.25. The first-order valence-corrected chi connectivity index (χ1v) is 6.58. The number of para-hydroxylation sites is 2. The van der Waals surface area contributed by atoms with Crippen LogP contribution in [-0.4, -0.2) is 10.9 Å². The third-order valence-corrected chi connectivity index (χ3v) is 3.50. The van der Waals surface area contributed by atoms with E-state index in [2.05, 4.69) is 0 Å². The molecule has 20 heavy (non-hydrogen) atoms. The van der Waals surface area contributed by atoms with Gasteiger partial charge in [0.2, 0.25) is 0 Å². The van der Waals surface area contributed by atoms with Crippen molar-refractivity contribution in [1.82, 2.24) is 0 Å². The van der Waals surface area contributed by atoms with E-state index in [-0.39, 0.29) is 17.6 Å². The molecule has 0 saturated carbocycles. The molecule has 0 radical (unpaired) electrons. The minimum Gasteiger partial charge on any atom is -0.506 e. The van der Waals surface area contributed by atoms with Crippen molar-refractivity contribution in [2.75, 3.05) is 4.90 Å². The minimum atomic E-state index is -0.0815. The molecular formula is C17H15NO2. The smallest absolute Gasteiger partial charge is 0.159 e. The summed E-state index contributed by atoms with van der Waals surface area (Å²) in [6.45, 7) is 0. The Morgan fingerprint density at radius 2 is 1.70 bits per heavy atom. The van der Waals surface area contributed by atoms with Crippen LogP contribution in [0.2, 0.25) is 0 Å². The first kappa shape index (κ1) is 12.5. The average Bonchev–Trinajstić information content (AvgIpc) is 2.49. The van der Waals surface area contributed by atoms with Crippen molar-refractivity contribution < 1.29 is 9.90 Å². The van der Waals surface area contributed by atoms with E-state index in [0.29, 0.717) is 12.1 Å². The minimum absolute atomic E-state index is 0.0815. The van der Waals surface area contributed by atoms with Crippen LogP contribution in [0.15, 0.2) is 66.9 Å². The van der Waals surface area contributed by atoms with E-state index >= 15 is 0 Å². The lowest BCUT2D eigenvalue weighted by atomic mass is 9.96. The fourth-order valence-corrected chi connectivity index (χ4v) is 2.51. The van der Waals surface area contributed by atoms with Crippen LogP contribution >= 0.6 is 0 Å². The van der Waals surface area contributed by atoms with Crippen LogP contribution < -0.4 is 4.90 Å². The lowest BCUT2D eigenvalue weighted by Crippen LogP contribution is -2.28. The van der Waals surface area contributed by atoms with Gasteiger partial charge in [-0.1, -0.05) is 42.5 Å². The Morgan fingerprint density at radius 1 is 1.00 bits per heavy atom. The Bertz CT molecular complexity index is 649. The van der Waals surface area contributed by atoms with Crippen LogP contribution in [0.3, 0.4) is 0 Å². The van der Waals surface area contributed by atoms with Gasteiger partial charge in [-0.3, -0.25) is 4.79 Å². The van der Waals surface area contributed by atoms with Crippen LogP contribution in [0.4, 0.5) is 5.69 Å². The van der Waals surface area contributed by atoms with Crippen molar-refractivity contribution in [2.24, 2.45) is 0 Å². The lowest BCUT2D eigenvalue weighted by Gasteiger charge is -2.33. The highest BCUT2D eigenvalue weighted by molar-refractivity contribution is 5.92. The van der Waals surface area contributed by atoms with Crippen LogP contribution in [-0.2, 0) is 4.79 Å². The Morgan fingerprint density at radius 3 is 2.45 bits per heavy atom. The van der Waals surface area contributed by atoms with Crippen molar-refractivity contribution in [3.63, 3.8) is 0 Å². The second-order valence-electron chi connectivity index (χ2n) is 4.81. The Hall–Kier alpha value is -2.55. The van der Waals surface area contributed by atoms with E-state index in [0.717, 1.165) is 5.56 Å². The summed E-state index contributed by atoms with van der Waals surface area (Å²) < 4.78 is 0. The number of hydrogen-bond donors (Lipinski definition) is 1. The summed E-state index contributed by atoms with van der Waals surface area (Å²) in [4.78, 5) is 13.7. The molecule has 3 heteroatoms. The highest BCUT2D eigenvalue weighted by Gasteiger charge is 2.26. The number of phenols is 1. The molecule has 0 aromatic heterocycles. The molecule has 1 atom stereocenters. The molecule has 3 nitrogen and oxygen atoms in total. The van der Waals surface area contributed by atoms with Crippen molar-refractivity contribution in [2.45, 2.75) is 12.5 Å². The molecular weight excluding hydrogens is 250 g/mol. The molecule has 0 spiro atoms. The number of carbonyl (C=O) groups excluding carboxylic acids is 1. The van der Waals surface area contributed by atoms with Crippen molar-refractivity contribution in [3.05, 3.63) is 72.4 Å². The molecule has 0 bridgehead atoms. The maximum absolute atomic E-state index is 11.7. The summed E-state index contributed by atoms with van der Waals surface area (Å²) in [6, 6.07) is 17.0. The number of nitrogens with zero attached hydrogens (tertiary/aromatic N) is 1. The maximum atomic E-state index is 11.7. The normalized spacial score (nSPS) is 18.3. The van der Waals surface area contributed by atoms with E-state index in [1.54, 1.807) is 24.4 Å². The van der Waals surface area contributed by atoms with Crippen LogP contribution in [0.25, 0.3) is 0 Å². The summed E-state index contributed by atoms with van der Waals surface area (Å²) in [5.41, 5.74) is 1.78. The molecule has 1 heterocycles. The highest BCUT2D eigenvalue weighted by Crippen LogP contribution is 2.37. The van der Waals surface area contributed by atoms with E-state index in [9.17, 15) is 9.90 Å². The average molecular weight is 265 g/mol. The summed E-state index contributed by atoms with van der Waals surface area (Å²) in [6.07, 6.45) is 3.72. The summed E-state index contributed by atoms with van der Waals surface area (Å²) in [5.74, 6) is 0.318. The third-order valence-electron chi connectivity index (χ3n) is 3.50. The van der Waals surface area contributed by atoms with Gasteiger partial charge in [-0.25, -0.2) is 0 Å². The molecule has 1 N–H and O–H groups in total. The predicted molar refractivity (Wildman–Crippen MR) is 78.5 cm³/mol. The topological polar surface area (TPSA) is 40.5 Å². The number of allylic oxidation sites excluding steroid dienone is 1. The number of hydrogen-bond acceptors (Lipinski definition) is 3. The first-order chi connectivity index (χ1) is 9.75. The second kappa shape index (κ2) is 5.21. The molecule has 0 amide bonds. The van der Waals surface area contributed by atoms with Gasteiger partial charge in [-0.2, -0.15) is 0 Å². The predicted octanol–water partition coefficient (Wildman–Crippen LogP) is 3.43. The van der Waals surface area contributed by atoms with Gasteiger partial charge in [-0.15, -0.1) is 0 Å².